The molecule has 1 heterocycles. The summed E-state index contributed by atoms with van der Waals surface area (Å²) < 4.78 is 0. The molecular weight excluding hydrogens is 272 g/mol. The predicted octanol–water partition coefficient (Wildman–Crippen LogP) is 2.39. The van der Waals surface area contributed by atoms with Gasteiger partial charge in [-0.15, -0.1) is 0 Å². The first-order valence-corrected chi connectivity index (χ1v) is 8.53. The predicted molar refractivity (Wildman–Crippen MR) is 89.8 cm³/mol. The number of piperidine rings is 1. The summed E-state index contributed by atoms with van der Waals surface area (Å²) >= 11 is 0. The van der Waals surface area contributed by atoms with Crippen molar-refractivity contribution >= 4 is 5.69 Å². The zero-order valence-electron chi connectivity index (χ0n) is 13.2. The van der Waals surface area contributed by atoms with E-state index in [1.54, 1.807) is 0 Å². The molecule has 1 saturated heterocycles. The van der Waals surface area contributed by atoms with Gasteiger partial charge >= 0.3 is 0 Å². The monoisotopic (exact) mass is 298 g/mol. The Balaban J connectivity index is 1.60. The van der Waals surface area contributed by atoms with Gasteiger partial charge in [0.25, 0.3) is 0 Å². The van der Waals surface area contributed by atoms with Crippen LogP contribution in [0.1, 0.15) is 44.1 Å². The highest BCUT2D eigenvalue weighted by Crippen LogP contribution is 2.23. The van der Waals surface area contributed by atoms with Crippen LogP contribution in [0.15, 0.2) is 24.3 Å². The van der Waals surface area contributed by atoms with E-state index in [2.05, 4.69) is 28.4 Å². The summed E-state index contributed by atoms with van der Waals surface area (Å²) in [7, 11) is 0. The van der Waals surface area contributed by atoms with Crippen LogP contribution in [-0.2, 0) is 0 Å². The van der Waals surface area contributed by atoms with E-state index >= 15 is 0 Å². The Kier molecular flexibility index (Phi) is 4.97. The zero-order valence-corrected chi connectivity index (χ0v) is 13.2. The maximum absolute atomic E-state index is 8.90. The second kappa shape index (κ2) is 7.13. The summed E-state index contributed by atoms with van der Waals surface area (Å²) in [6.45, 7) is 2.13. The molecule has 0 spiro atoms. The molecule has 2 fully saturated rings. The largest absolute Gasteiger partial charge is 0.370 e. The lowest BCUT2D eigenvalue weighted by molar-refractivity contribution is 0.282. The number of anilines is 1. The third kappa shape index (κ3) is 3.60. The molecule has 1 aliphatic carbocycles. The molecule has 4 heteroatoms. The summed E-state index contributed by atoms with van der Waals surface area (Å²) in [4.78, 5) is 2.43. The summed E-state index contributed by atoms with van der Waals surface area (Å²) in [5.74, 6) is 0. The van der Waals surface area contributed by atoms with Crippen LogP contribution in [-0.4, -0.2) is 31.2 Å². The normalized spacial score (nSPS) is 29.1. The number of nitrogens with two attached hydrogens (primary N) is 1. The van der Waals surface area contributed by atoms with Gasteiger partial charge in [0.15, 0.2) is 0 Å². The molecule has 3 rings (SSSR count). The standard InChI is InChI=1S/C18H26N4/c19-12-14-7-9-16(10-8-14)22-11-3-4-15(13-22)21-18-6-2-1-5-17(18)20/h7-10,15,17-18,21H,1-6,11,13,20H2/t15?,17-,18-/m1/s1. The Morgan fingerprint density at radius 1 is 1.09 bits per heavy atom. The summed E-state index contributed by atoms with van der Waals surface area (Å²) in [6.07, 6.45) is 7.40. The van der Waals surface area contributed by atoms with Crippen LogP contribution in [0.2, 0.25) is 0 Å². The number of nitrogens with one attached hydrogen (secondary N) is 1. The quantitative estimate of drug-likeness (QED) is 0.899. The number of benzene rings is 1. The number of rotatable bonds is 3. The first-order valence-electron chi connectivity index (χ1n) is 8.53. The van der Waals surface area contributed by atoms with Gasteiger partial charge in [0.1, 0.15) is 0 Å². The van der Waals surface area contributed by atoms with E-state index in [0.717, 1.165) is 25.1 Å². The SMILES string of the molecule is N#Cc1ccc(N2CCCC(N[C@@H]3CCCC[C@H]3N)C2)cc1. The molecule has 1 aliphatic heterocycles. The molecule has 3 N–H and O–H groups in total. The van der Waals surface area contributed by atoms with Gasteiger partial charge in [-0.2, -0.15) is 5.26 Å². The lowest BCUT2D eigenvalue weighted by atomic mass is 9.89. The second-order valence-corrected chi connectivity index (χ2v) is 6.67. The summed E-state index contributed by atoms with van der Waals surface area (Å²) in [6, 6.07) is 11.4. The van der Waals surface area contributed by atoms with Crippen molar-refractivity contribution in [3.05, 3.63) is 29.8 Å². The second-order valence-electron chi connectivity index (χ2n) is 6.67. The lowest BCUT2D eigenvalue weighted by Crippen LogP contribution is -2.55. The van der Waals surface area contributed by atoms with Crippen molar-refractivity contribution in [1.29, 1.82) is 5.26 Å². The minimum absolute atomic E-state index is 0.319. The molecule has 4 nitrogen and oxygen atoms in total. The minimum atomic E-state index is 0.319. The Labute approximate surface area is 133 Å². The highest BCUT2D eigenvalue weighted by Gasteiger charge is 2.27. The van der Waals surface area contributed by atoms with E-state index in [1.807, 2.05) is 12.1 Å². The number of hydrogen-bond acceptors (Lipinski definition) is 4. The minimum Gasteiger partial charge on any atom is -0.370 e. The Morgan fingerprint density at radius 3 is 2.59 bits per heavy atom. The fraction of sp³-hybridized carbons (Fsp3) is 0.611. The van der Waals surface area contributed by atoms with Crippen LogP contribution in [0.5, 0.6) is 0 Å². The van der Waals surface area contributed by atoms with Crippen LogP contribution in [0.3, 0.4) is 0 Å². The molecule has 118 valence electrons. The molecule has 22 heavy (non-hydrogen) atoms. The van der Waals surface area contributed by atoms with Crippen LogP contribution in [0, 0.1) is 11.3 Å². The van der Waals surface area contributed by atoms with E-state index in [4.69, 9.17) is 11.0 Å². The number of nitriles is 1. The molecule has 1 unspecified atom stereocenters. The topological polar surface area (TPSA) is 65.1 Å². The maximum Gasteiger partial charge on any atom is 0.0991 e. The Morgan fingerprint density at radius 2 is 1.86 bits per heavy atom. The maximum atomic E-state index is 8.90. The summed E-state index contributed by atoms with van der Waals surface area (Å²) in [5.41, 5.74) is 8.21. The van der Waals surface area contributed by atoms with Gasteiger partial charge in [-0.05, 0) is 49.9 Å². The van der Waals surface area contributed by atoms with Gasteiger partial charge < -0.3 is 16.0 Å². The molecule has 1 saturated carbocycles. The first kappa shape index (κ1) is 15.3. The molecule has 0 bridgehead atoms. The van der Waals surface area contributed by atoms with Crippen molar-refractivity contribution < 1.29 is 0 Å². The van der Waals surface area contributed by atoms with Gasteiger partial charge in [-0.3, -0.25) is 0 Å². The van der Waals surface area contributed by atoms with Gasteiger partial charge in [0, 0.05) is 36.9 Å². The van der Waals surface area contributed by atoms with Crippen molar-refractivity contribution in [2.45, 2.75) is 56.7 Å². The van der Waals surface area contributed by atoms with Crippen LogP contribution >= 0.6 is 0 Å². The van der Waals surface area contributed by atoms with Crippen LogP contribution in [0.4, 0.5) is 5.69 Å². The van der Waals surface area contributed by atoms with E-state index in [1.165, 1.54) is 37.8 Å². The molecule has 0 amide bonds. The molecule has 0 radical (unpaired) electrons. The average Bonchev–Trinajstić information content (AvgIpc) is 2.57. The molecule has 0 aromatic heterocycles. The Bertz CT molecular complexity index is 519. The Hall–Kier alpha value is -1.57. The fourth-order valence-corrected chi connectivity index (χ4v) is 3.76. The van der Waals surface area contributed by atoms with Gasteiger partial charge in [0.2, 0.25) is 0 Å². The van der Waals surface area contributed by atoms with Crippen LogP contribution < -0.4 is 16.0 Å². The third-order valence-corrected chi connectivity index (χ3v) is 5.05. The molecule has 1 aromatic rings. The van der Waals surface area contributed by atoms with Crippen molar-refractivity contribution in [2.24, 2.45) is 5.73 Å². The van der Waals surface area contributed by atoms with Gasteiger partial charge in [-0.25, -0.2) is 0 Å². The van der Waals surface area contributed by atoms with Crippen molar-refractivity contribution in [2.75, 3.05) is 18.0 Å². The van der Waals surface area contributed by atoms with Crippen molar-refractivity contribution in [3.8, 4) is 6.07 Å². The van der Waals surface area contributed by atoms with E-state index in [9.17, 15) is 0 Å². The van der Waals surface area contributed by atoms with E-state index in [0.29, 0.717) is 18.1 Å². The lowest BCUT2D eigenvalue weighted by Gasteiger charge is -2.39. The molecule has 3 atom stereocenters. The smallest absolute Gasteiger partial charge is 0.0991 e. The van der Waals surface area contributed by atoms with E-state index in [-0.39, 0.29) is 0 Å². The molecular formula is C18H26N4. The first-order chi connectivity index (χ1) is 10.8. The van der Waals surface area contributed by atoms with Crippen LogP contribution in [0.25, 0.3) is 0 Å². The van der Waals surface area contributed by atoms with Gasteiger partial charge in [0.05, 0.1) is 11.6 Å². The van der Waals surface area contributed by atoms with Gasteiger partial charge in [-0.1, -0.05) is 12.8 Å². The molecule has 1 aromatic carbocycles. The van der Waals surface area contributed by atoms with E-state index < -0.39 is 0 Å². The summed E-state index contributed by atoms with van der Waals surface area (Å²) in [5, 5.41) is 12.7. The highest BCUT2D eigenvalue weighted by molar-refractivity contribution is 5.50. The highest BCUT2D eigenvalue weighted by atomic mass is 15.2. The average molecular weight is 298 g/mol. The third-order valence-electron chi connectivity index (χ3n) is 5.05. The number of nitrogens with zero attached hydrogens (tertiary/aromatic N) is 2. The van der Waals surface area contributed by atoms with Crippen molar-refractivity contribution in [1.82, 2.24) is 5.32 Å². The number of hydrogen-bond donors (Lipinski definition) is 2. The fourth-order valence-electron chi connectivity index (χ4n) is 3.76. The molecule has 2 aliphatic rings. The zero-order chi connectivity index (χ0) is 15.4. The van der Waals surface area contributed by atoms with Crippen molar-refractivity contribution in [3.63, 3.8) is 0 Å².